The molecule has 1 fully saturated rings. The fraction of sp³-hybridized carbons (Fsp3) is 0.440. The first-order valence-electron chi connectivity index (χ1n) is 11.8. The lowest BCUT2D eigenvalue weighted by atomic mass is 9.99. The second-order valence-electron chi connectivity index (χ2n) is 8.83. The SMILES string of the molecule is CCC(=O)N1CCc2cc(Br)c(S(=O)(=O)N3CCC[C@@H](C(=O)NCc4cccc(OC)c4)C3)cc21. The molecule has 1 atom stereocenters. The number of hydrogen-bond acceptors (Lipinski definition) is 5. The van der Waals surface area contributed by atoms with E-state index in [4.69, 9.17) is 4.74 Å². The van der Waals surface area contributed by atoms with Gasteiger partial charge in [-0.15, -0.1) is 0 Å². The van der Waals surface area contributed by atoms with Crippen molar-refractivity contribution in [3.05, 3.63) is 52.0 Å². The molecule has 35 heavy (non-hydrogen) atoms. The van der Waals surface area contributed by atoms with Crippen LogP contribution in [0.25, 0.3) is 0 Å². The molecule has 0 aliphatic carbocycles. The van der Waals surface area contributed by atoms with Crippen molar-refractivity contribution in [2.75, 3.05) is 31.6 Å². The minimum Gasteiger partial charge on any atom is -0.497 e. The number of piperidine rings is 1. The molecule has 0 aromatic heterocycles. The van der Waals surface area contributed by atoms with Crippen LogP contribution in [0.2, 0.25) is 0 Å². The highest BCUT2D eigenvalue weighted by Crippen LogP contribution is 2.37. The van der Waals surface area contributed by atoms with Crippen LogP contribution in [-0.4, -0.2) is 51.3 Å². The van der Waals surface area contributed by atoms with E-state index < -0.39 is 15.9 Å². The molecule has 0 radical (unpaired) electrons. The topological polar surface area (TPSA) is 96.0 Å². The van der Waals surface area contributed by atoms with Crippen molar-refractivity contribution in [2.24, 2.45) is 5.92 Å². The summed E-state index contributed by atoms with van der Waals surface area (Å²) in [5.74, 6) is 0.0851. The first kappa shape index (κ1) is 25.7. The van der Waals surface area contributed by atoms with E-state index in [0.717, 1.165) is 11.1 Å². The van der Waals surface area contributed by atoms with Gasteiger partial charge in [-0.05, 0) is 70.6 Å². The molecule has 4 rings (SSSR count). The van der Waals surface area contributed by atoms with Crippen molar-refractivity contribution in [2.45, 2.75) is 44.0 Å². The van der Waals surface area contributed by atoms with Gasteiger partial charge in [0.2, 0.25) is 21.8 Å². The first-order chi connectivity index (χ1) is 16.7. The molecule has 1 saturated heterocycles. The molecule has 2 aliphatic rings. The van der Waals surface area contributed by atoms with Crippen LogP contribution in [-0.2, 0) is 32.6 Å². The van der Waals surface area contributed by atoms with Crippen molar-refractivity contribution < 1.29 is 22.7 Å². The Labute approximate surface area is 214 Å². The Bertz CT molecular complexity index is 1230. The Kier molecular flexibility index (Phi) is 7.83. The minimum atomic E-state index is -3.86. The lowest BCUT2D eigenvalue weighted by Crippen LogP contribution is -2.45. The Morgan fingerprint density at radius 3 is 2.74 bits per heavy atom. The van der Waals surface area contributed by atoms with Gasteiger partial charge in [-0.2, -0.15) is 4.31 Å². The second kappa shape index (κ2) is 10.7. The fourth-order valence-corrected chi connectivity index (χ4v) is 7.26. The molecular weight excluding hydrogens is 534 g/mol. The zero-order valence-corrected chi connectivity index (χ0v) is 22.3. The average molecular weight is 565 g/mol. The Balaban J connectivity index is 1.49. The molecule has 8 nitrogen and oxygen atoms in total. The lowest BCUT2D eigenvalue weighted by Gasteiger charge is -2.31. The summed E-state index contributed by atoms with van der Waals surface area (Å²) in [6, 6.07) is 10.9. The van der Waals surface area contributed by atoms with E-state index in [-0.39, 0.29) is 23.3 Å². The molecule has 188 valence electrons. The highest BCUT2D eigenvalue weighted by atomic mass is 79.9. The highest BCUT2D eigenvalue weighted by Gasteiger charge is 2.36. The summed E-state index contributed by atoms with van der Waals surface area (Å²) < 4.78 is 34.3. The van der Waals surface area contributed by atoms with E-state index in [1.54, 1.807) is 31.1 Å². The van der Waals surface area contributed by atoms with Crippen molar-refractivity contribution >= 4 is 43.5 Å². The molecule has 2 aromatic rings. The van der Waals surface area contributed by atoms with Gasteiger partial charge < -0.3 is 15.0 Å². The summed E-state index contributed by atoms with van der Waals surface area (Å²) >= 11 is 3.43. The van der Waals surface area contributed by atoms with E-state index in [0.29, 0.717) is 61.2 Å². The summed E-state index contributed by atoms with van der Waals surface area (Å²) in [6.07, 6.45) is 2.27. The molecule has 0 bridgehead atoms. The second-order valence-corrected chi connectivity index (χ2v) is 11.6. The molecule has 2 aliphatic heterocycles. The van der Waals surface area contributed by atoms with Gasteiger partial charge in [-0.3, -0.25) is 9.59 Å². The standard InChI is InChI=1S/C25H30BrN3O5S/c1-3-24(30)29-11-9-18-13-21(26)23(14-22(18)29)35(32,33)28-10-5-7-19(16-28)25(31)27-15-17-6-4-8-20(12-17)34-2/h4,6,8,12-14,19H,3,5,7,9-11,15-16H2,1-2H3,(H,27,31)/t19-/m1/s1. The van der Waals surface area contributed by atoms with Gasteiger partial charge in [0, 0.05) is 42.8 Å². The number of sulfonamides is 1. The highest BCUT2D eigenvalue weighted by molar-refractivity contribution is 9.10. The van der Waals surface area contributed by atoms with Crippen LogP contribution in [0.3, 0.4) is 0 Å². The van der Waals surface area contributed by atoms with Gasteiger partial charge in [0.05, 0.1) is 17.9 Å². The molecule has 2 amide bonds. The van der Waals surface area contributed by atoms with Gasteiger partial charge in [-0.1, -0.05) is 19.1 Å². The number of carbonyl (C=O) groups is 2. The number of benzene rings is 2. The number of ether oxygens (including phenoxy) is 1. The van der Waals surface area contributed by atoms with Gasteiger partial charge in [-0.25, -0.2) is 8.42 Å². The first-order valence-corrected chi connectivity index (χ1v) is 14.0. The number of nitrogens with one attached hydrogen (secondary N) is 1. The number of hydrogen-bond donors (Lipinski definition) is 1. The summed E-state index contributed by atoms with van der Waals surface area (Å²) in [4.78, 5) is 27.0. The number of fused-ring (bicyclic) bond motifs is 1. The Hall–Kier alpha value is -2.43. The number of halogens is 1. The number of amides is 2. The maximum absolute atomic E-state index is 13.6. The minimum absolute atomic E-state index is 0.0276. The number of nitrogens with zero attached hydrogens (tertiary/aromatic N) is 2. The molecule has 2 heterocycles. The maximum atomic E-state index is 13.6. The smallest absolute Gasteiger partial charge is 0.244 e. The fourth-order valence-electron chi connectivity index (χ4n) is 4.67. The van der Waals surface area contributed by atoms with E-state index in [9.17, 15) is 18.0 Å². The van der Waals surface area contributed by atoms with Crippen molar-refractivity contribution in [1.29, 1.82) is 0 Å². The number of carbonyl (C=O) groups excluding carboxylic acids is 2. The number of anilines is 1. The van der Waals surface area contributed by atoms with Gasteiger partial charge in [0.1, 0.15) is 5.75 Å². The van der Waals surface area contributed by atoms with Crippen LogP contribution in [0.5, 0.6) is 5.75 Å². The van der Waals surface area contributed by atoms with Crippen LogP contribution < -0.4 is 15.0 Å². The summed E-state index contributed by atoms with van der Waals surface area (Å²) in [6.45, 7) is 3.16. The summed E-state index contributed by atoms with van der Waals surface area (Å²) in [5.41, 5.74) is 2.51. The molecule has 1 N–H and O–H groups in total. The largest absolute Gasteiger partial charge is 0.497 e. The maximum Gasteiger partial charge on any atom is 0.244 e. The van der Waals surface area contributed by atoms with Crippen LogP contribution >= 0.6 is 15.9 Å². The number of rotatable bonds is 7. The van der Waals surface area contributed by atoms with Gasteiger partial charge in [0.15, 0.2) is 0 Å². The summed E-state index contributed by atoms with van der Waals surface area (Å²) in [7, 11) is -2.27. The van der Waals surface area contributed by atoms with E-state index >= 15 is 0 Å². The molecular formula is C25H30BrN3O5S. The van der Waals surface area contributed by atoms with Crippen molar-refractivity contribution in [3.8, 4) is 5.75 Å². The zero-order valence-electron chi connectivity index (χ0n) is 19.9. The predicted octanol–water partition coefficient (Wildman–Crippen LogP) is 3.47. The van der Waals surface area contributed by atoms with Crippen molar-refractivity contribution in [3.63, 3.8) is 0 Å². The van der Waals surface area contributed by atoms with Gasteiger partial charge in [0.25, 0.3) is 0 Å². The molecule has 2 aromatic carbocycles. The van der Waals surface area contributed by atoms with Crippen LogP contribution in [0.4, 0.5) is 5.69 Å². The lowest BCUT2D eigenvalue weighted by molar-refractivity contribution is -0.126. The monoisotopic (exact) mass is 563 g/mol. The third-order valence-corrected chi connectivity index (χ3v) is 9.43. The van der Waals surface area contributed by atoms with Crippen LogP contribution in [0, 0.1) is 5.92 Å². The van der Waals surface area contributed by atoms with Crippen LogP contribution in [0.15, 0.2) is 45.8 Å². The van der Waals surface area contributed by atoms with E-state index in [1.807, 2.05) is 24.3 Å². The molecule has 0 spiro atoms. The third-order valence-electron chi connectivity index (χ3n) is 6.61. The number of methoxy groups -OCH3 is 1. The Morgan fingerprint density at radius 1 is 1.20 bits per heavy atom. The van der Waals surface area contributed by atoms with E-state index in [1.165, 1.54) is 4.31 Å². The zero-order chi connectivity index (χ0) is 25.2. The quantitative estimate of drug-likeness (QED) is 0.556. The van der Waals surface area contributed by atoms with Crippen LogP contribution in [0.1, 0.15) is 37.3 Å². The molecule has 0 saturated carbocycles. The predicted molar refractivity (Wildman–Crippen MR) is 137 cm³/mol. The van der Waals surface area contributed by atoms with Crippen molar-refractivity contribution in [1.82, 2.24) is 9.62 Å². The Morgan fingerprint density at radius 2 is 2.00 bits per heavy atom. The summed E-state index contributed by atoms with van der Waals surface area (Å²) in [5, 5.41) is 2.93. The molecule has 0 unspecified atom stereocenters. The van der Waals surface area contributed by atoms with Gasteiger partial charge >= 0.3 is 0 Å². The normalized spacial score (nSPS) is 18.3. The average Bonchev–Trinajstić information content (AvgIpc) is 3.29. The molecule has 10 heteroatoms. The van der Waals surface area contributed by atoms with E-state index in [2.05, 4.69) is 21.2 Å². The third kappa shape index (κ3) is 5.39.